The standard InChI is InChI=1S/C3H8N6O2/c1-4-3-5-6-7(2)8(3)9(10)11/h6H,1-2H3,(H,4,5). The average Bonchev–Trinajstić information content (AvgIpc) is 2.30. The van der Waals surface area contributed by atoms with E-state index >= 15 is 0 Å². The Balaban J connectivity index is 2.74. The summed E-state index contributed by atoms with van der Waals surface area (Å²) in [6, 6.07) is 0. The number of hydrazone groups is 1. The van der Waals surface area contributed by atoms with Crippen LogP contribution in [0.1, 0.15) is 0 Å². The van der Waals surface area contributed by atoms with Crippen LogP contribution >= 0.6 is 0 Å². The fourth-order valence-electron chi connectivity index (χ4n) is 0.692. The van der Waals surface area contributed by atoms with Gasteiger partial charge < -0.3 is 5.32 Å². The molecule has 0 aliphatic carbocycles. The van der Waals surface area contributed by atoms with Crippen LogP contribution in [0.25, 0.3) is 0 Å². The summed E-state index contributed by atoms with van der Waals surface area (Å²) < 4.78 is 0. The fraction of sp³-hybridized carbons (Fsp3) is 0.667. The molecule has 0 saturated carbocycles. The van der Waals surface area contributed by atoms with E-state index in [0.717, 1.165) is 10.2 Å². The second-order valence-corrected chi connectivity index (χ2v) is 1.84. The molecule has 8 heteroatoms. The molecule has 0 amide bonds. The Morgan fingerprint density at radius 2 is 2.45 bits per heavy atom. The van der Waals surface area contributed by atoms with Crippen molar-refractivity contribution in [3.63, 3.8) is 0 Å². The number of hydrogen-bond acceptors (Lipinski definition) is 6. The second kappa shape index (κ2) is 2.58. The highest BCUT2D eigenvalue weighted by Crippen LogP contribution is 1.98. The van der Waals surface area contributed by atoms with Gasteiger partial charge >= 0.3 is 5.96 Å². The summed E-state index contributed by atoms with van der Waals surface area (Å²) in [5.41, 5.74) is 2.39. The van der Waals surface area contributed by atoms with Crippen molar-refractivity contribution in [2.45, 2.75) is 0 Å². The van der Waals surface area contributed by atoms with Crippen LogP contribution in [0.5, 0.6) is 0 Å². The molecule has 0 aromatic heterocycles. The molecule has 0 bridgehead atoms. The molecule has 0 fully saturated rings. The van der Waals surface area contributed by atoms with Crippen molar-refractivity contribution >= 4 is 5.96 Å². The Morgan fingerprint density at radius 1 is 1.82 bits per heavy atom. The van der Waals surface area contributed by atoms with Crippen LogP contribution in [0.3, 0.4) is 0 Å². The number of nitrogens with one attached hydrogen (secondary N) is 2. The van der Waals surface area contributed by atoms with Crippen LogP contribution in [-0.2, 0) is 0 Å². The van der Waals surface area contributed by atoms with Crippen molar-refractivity contribution in [2.24, 2.45) is 5.10 Å². The Labute approximate surface area is 62.5 Å². The first-order chi connectivity index (χ1) is 5.16. The molecule has 1 rings (SSSR count). The number of guanidine groups is 1. The maximum absolute atomic E-state index is 10.3. The molecule has 1 aliphatic rings. The summed E-state index contributed by atoms with van der Waals surface area (Å²) in [5, 5.41) is 17.8. The molecule has 0 saturated heterocycles. The molecule has 2 N–H and O–H groups in total. The SMILES string of the molecule is CNC1=NNN(C)N1[N+](=O)[O-]. The lowest BCUT2D eigenvalue weighted by atomic mass is 10.9. The lowest BCUT2D eigenvalue weighted by Crippen LogP contribution is -2.49. The molecule has 1 aliphatic heterocycles. The highest BCUT2D eigenvalue weighted by Gasteiger charge is 2.31. The molecule has 0 aromatic rings. The number of hydrogen-bond donors (Lipinski definition) is 2. The van der Waals surface area contributed by atoms with Crippen molar-refractivity contribution in [1.82, 2.24) is 21.1 Å². The van der Waals surface area contributed by atoms with Crippen LogP contribution < -0.4 is 10.9 Å². The number of nitro groups is 1. The first-order valence-electron chi connectivity index (χ1n) is 2.86. The first kappa shape index (κ1) is 7.54. The van der Waals surface area contributed by atoms with Crippen LogP contribution in [-0.4, -0.2) is 35.3 Å². The van der Waals surface area contributed by atoms with Gasteiger partial charge in [0.05, 0.1) is 0 Å². The number of hydrazine groups is 3. The molecule has 0 aromatic carbocycles. The van der Waals surface area contributed by atoms with Gasteiger partial charge in [-0.15, -0.1) is 5.10 Å². The number of rotatable bonds is 1. The van der Waals surface area contributed by atoms with Crippen molar-refractivity contribution in [2.75, 3.05) is 14.1 Å². The van der Waals surface area contributed by atoms with E-state index in [1.807, 2.05) is 0 Å². The van der Waals surface area contributed by atoms with Gasteiger partial charge in [-0.2, -0.15) is 0 Å². The minimum absolute atomic E-state index is 0.150. The van der Waals surface area contributed by atoms with Gasteiger partial charge in [-0.05, 0) is 0 Å². The van der Waals surface area contributed by atoms with E-state index < -0.39 is 5.03 Å². The van der Waals surface area contributed by atoms with Crippen molar-refractivity contribution in [3.8, 4) is 0 Å². The lowest BCUT2D eigenvalue weighted by Gasteiger charge is -2.13. The van der Waals surface area contributed by atoms with Gasteiger partial charge in [0.15, 0.2) is 5.03 Å². The third-order valence-electron chi connectivity index (χ3n) is 1.15. The maximum atomic E-state index is 10.3. The van der Waals surface area contributed by atoms with Gasteiger partial charge in [-0.3, -0.25) is 0 Å². The zero-order valence-corrected chi connectivity index (χ0v) is 6.11. The summed E-state index contributed by atoms with van der Waals surface area (Å²) >= 11 is 0. The largest absolute Gasteiger partial charge is 0.352 e. The normalized spacial score (nSPS) is 17.6. The van der Waals surface area contributed by atoms with Gasteiger partial charge in [-0.25, -0.2) is 15.6 Å². The molecule has 62 valence electrons. The van der Waals surface area contributed by atoms with Gasteiger partial charge in [0.2, 0.25) is 0 Å². The first-order valence-corrected chi connectivity index (χ1v) is 2.86. The van der Waals surface area contributed by atoms with Crippen molar-refractivity contribution < 1.29 is 5.03 Å². The molecule has 8 nitrogen and oxygen atoms in total. The third-order valence-corrected chi connectivity index (χ3v) is 1.15. The Bertz CT molecular complexity index is 202. The van der Waals surface area contributed by atoms with Crippen LogP contribution in [0.4, 0.5) is 0 Å². The third kappa shape index (κ3) is 1.15. The van der Waals surface area contributed by atoms with Crippen LogP contribution in [0, 0.1) is 10.1 Å². The van der Waals surface area contributed by atoms with Gasteiger partial charge in [0, 0.05) is 19.2 Å². The van der Waals surface area contributed by atoms with E-state index in [1.165, 1.54) is 7.05 Å². The van der Waals surface area contributed by atoms with E-state index in [0.29, 0.717) is 0 Å². The van der Waals surface area contributed by atoms with Crippen molar-refractivity contribution in [3.05, 3.63) is 10.1 Å². The molecule has 1 heterocycles. The van der Waals surface area contributed by atoms with Crippen LogP contribution in [0.15, 0.2) is 5.10 Å². The van der Waals surface area contributed by atoms with E-state index in [-0.39, 0.29) is 5.96 Å². The summed E-state index contributed by atoms with van der Waals surface area (Å²) in [5.74, 6) is 0.150. The van der Waals surface area contributed by atoms with Crippen LogP contribution in [0.2, 0.25) is 0 Å². The lowest BCUT2D eigenvalue weighted by molar-refractivity contribution is -0.671. The van der Waals surface area contributed by atoms with Gasteiger partial charge in [0.25, 0.3) is 0 Å². The summed E-state index contributed by atoms with van der Waals surface area (Å²) in [6.45, 7) is 0. The molecule has 0 atom stereocenters. The predicted octanol–water partition coefficient (Wildman–Crippen LogP) is -1.66. The predicted molar refractivity (Wildman–Crippen MR) is 36.2 cm³/mol. The molecule has 0 spiro atoms. The smallest absolute Gasteiger partial charge is 0.302 e. The van der Waals surface area contributed by atoms with E-state index in [9.17, 15) is 10.1 Å². The van der Waals surface area contributed by atoms with Crippen molar-refractivity contribution in [1.29, 1.82) is 0 Å². The average molecular weight is 160 g/mol. The number of nitrogens with zero attached hydrogens (tertiary/aromatic N) is 4. The zero-order valence-electron chi connectivity index (χ0n) is 6.11. The Morgan fingerprint density at radius 3 is 2.82 bits per heavy atom. The molecular weight excluding hydrogens is 152 g/mol. The molecule has 0 unspecified atom stereocenters. The van der Waals surface area contributed by atoms with Gasteiger partial charge in [-0.1, -0.05) is 5.12 Å². The Hall–Kier alpha value is -1.57. The van der Waals surface area contributed by atoms with Gasteiger partial charge in [0.1, 0.15) is 0 Å². The fourth-order valence-corrected chi connectivity index (χ4v) is 0.692. The zero-order chi connectivity index (χ0) is 8.43. The molecular formula is C3H8N6O2. The molecule has 0 radical (unpaired) electrons. The molecule has 11 heavy (non-hydrogen) atoms. The summed E-state index contributed by atoms with van der Waals surface area (Å²) in [4.78, 5) is 10.3. The summed E-state index contributed by atoms with van der Waals surface area (Å²) in [6.07, 6.45) is 0. The highest BCUT2D eigenvalue weighted by molar-refractivity contribution is 5.78. The highest BCUT2D eigenvalue weighted by atomic mass is 16.7. The topological polar surface area (TPSA) is 86.0 Å². The van der Waals surface area contributed by atoms with E-state index in [1.54, 1.807) is 7.05 Å². The monoisotopic (exact) mass is 160 g/mol. The Kier molecular flexibility index (Phi) is 1.77. The quantitative estimate of drug-likeness (QED) is 0.352. The minimum atomic E-state index is -0.588. The summed E-state index contributed by atoms with van der Waals surface area (Å²) in [7, 11) is 3.03. The minimum Gasteiger partial charge on any atom is -0.352 e. The van der Waals surface area contributed by atoms with E-state index in [4.69, 9.17) is 0 Å². The van der Waals surface area contributed by atoms with E-state index in [2.05, 4.69) is 16.0 Å². The second-order valence-electron chi connectivity index (χ2n) is 1.84. The maximum Gasteiger partial charge on any atom is 0.302 e.